The number of benzene rings is 1. The Bertz CT molecular complexity index is 525. The Balaban J connectivity index is 2.87. The van der Waals surface area contributed by atoms with Crippen molar-refractivity contribution >= 4 is 27.1 Å². The van der Waals surface area contributed by atoms with E-state index in [1.165, 1.54) is 7.11 Å². The van der Waals surface area contributed by atoms with Gasteiger partial charge in [-0.15, -0.1) is 11.3 Å². The maximum absolute atomic E-state index is 8.89. The highest BCUT2D eigenvalue weighted by molar-refractivity contribution is 7.17. The highest BCUT2D eigenvalue weighted by Gasteiger charge is 2.11. The van der Waals surface area contributed by atoms with E-state index in [0.717, 1.165) is 10.1 Å². The molecule has 0 spiro atoms. The minimum Gasteiger partial charge on any atom is -0.493 e. The highest BCUT2D eigenvalue weighted by atomic mass is 32.1. The molecule has 1 aromatic carbocycles. The second-order valence-electron chi connectivity index (χ2n) is 2.82. The highest BCUT2D eigenvalue weighted by Crippen LogP contribution is 2.36. The Hall–Kier alpha value is -1.73. The number of hydrogen-bond donors (Lipinski definition) is 1. The first-order valence-corrected chi connectivity index (χ1v) is 4.89. The number of nitrogens with zero attached hydrogens (tertiary/aromatic N) is 1. The maximum Gasteiger partial charge on any atom is 0.160 e. The number of anilines is 1. The normalized spacial score (nSPS) is 10.0. The molecule has 0 radical (unpaired) electrons. The van der Waals surface area contributed by atoms with Gasteiger partial charge in [0.25, 0.3) is 0 Å². The third-order valence-corrected chi connectivity index (χ3v) is 2.94. The van der Waals surface area contributed by atoms with Crippen LogP contribution in [0, 0.1) is 11.3 Å². The molecule has 4 heteroatoms. The fourth-order valence-electron chi connectivity index (χ4n) is 1.42. The quantitative estimate of drug-likeness (QED) is 0.725. The average Bonchev–Trinajstić information content (AvgIpc) is 2.65. The second-order valence-corrected chi connectivity index (χ2v) is 3.76. The number of methoxy groups -OCH3 is 1. The zero-order valence-electron chi connectivity index (χ0n) is 7.57. The summed E-state index contributed by atoms with van der Waals surface area (Å²) in [5.74, 6) is 0.471. The van der Waals surface area contributed by atoms with Crippen molar-refractivity contribution in [3.05, 3.63) is 23.1 Å². The van der Waals surface area contributed by atoms with Crippen LogP contribution in [0.5, 0.6) is 5.75 Å². The predicted octanol–water partition coefficient (Wildman–Crippen LogP) is 2.36. The second kappa shape index (κ2) is 3.20. The van der Waals surface area contributed by atoms with Crippen molar-refractivity contribution < 1.29 is 4.74 Å². The lowest BCUT2D eigenvalue weighted by atomic mass is 10.1. The molecule has 0 aliphatic rings. The average molecular weight is 204 g/mol. The van der Waals surface area contributed by atoms with Crippen molar-refractivity contribution in [1.29, 1.82) is 5.26 Å². The zero-order valence-corrected chi connectivity index (χ0v) is 8.39. The van der Waals surface area contributed by atoms with Crippen molar-refractivity contribution in [3.8, 4) is 11.8 Å². The van der Waals surface area contributed by atoms with E-state index in [4.69, 9.17) is 15.7 Å². The summed E-state index contributed by atoms with van der Waals surface area (Å²) in [5, 5.41) is 11.8. The van der Waals surface area contributed by atoms with Crippen molar-refractivity contribution in [2.45, 2.75) is 0 Å². The molecule has 0 atom stereocenters. The summed E-state index contributed by atoms with van der Waals surface area (Å²) >= 11 is 1.56. The van der Waals surface area contributed by atoms with Crippen molar-refractivity contribution in [1.82, 2.24) is 0 Å². The van der Waals surface area contributed by atoms with E-state index >= 15 is 0 Å². The lowest BCUT2D eigenvalue weighted by Gasteiger charge is -2.06. The van der Waals surface area contributed by atoms with E-state index in [9.17, 15) is 0 Å². The Morgan fingerprint density at radius 1 is 1.57 bits per heavy atom. The lowest BCUT2D eigenvalue weighted by Crippen LogP contribution is -1.95. The van der Waals surface area contributed by atoms with Gasteiger partial charge in [-0.1, -0.05) is 0 Å². The molecule has 0 aliphatic heterocycles. The van der Waals surface area contributed by atoms with Crippen molar-refractivity contribution in [2.24, 2.45) is 0 Å². The smallest absolute Gasteiger partial charge is 0.160 e. The summed E-state index contributed by atoms with van der Waals surface area (Å²) < 4.78 is 6.12. The molecular formula is C10H8N2OS. The van der Waals surface area contributed by atoms with Crippen LogP contribution in [0.4, 0.5) is 5.69 Å². The van der Waals surface area contributed by atoms with Crippen molar-refractivity contribution in [2.75, 3.05) is 12.8 Å². The first-order chi connectivity index (χ1) is 6.77. The Morgan fingerprint density at radius 3 is 3.00 bits per heavy atom. The van der Waals surface area contributed by atoms with E-state index in [-0.39, 0.29) is 0 Å². The molecule has 1 aromatic heterocycles. The molecule has 3 nitrogen and oxygen atoms in total. The van der Waals surface area contributed by atoms with E-state index in [2.05, 4.69) is 6.07 Å². The minimum absolute atomic E-state index is 0.471. The summed E-state index contributed by atoms with van der Waals surface area (Å²) in [6.45, 7) is 0. The van der Waals surface area contributed by atoms with Gasteiger partial charge in [0.1, 0.15) is 6.07 Å². The Kier molecular flexibility index (Phi) is 2.02. The van der Waals surface area contributed by atoms with Gasteiger partial charge in [-0.2, -0.15) is 5.26 Å². The topological polar surface area (TPSA) is 59.0 Å². The summed E-state index contributed by atoms with van der Waals surface area (Å²) in [5.41, 5.74) is 6.91. The third-order valence-electron chi connectivity index (χ3n) is 2.07. The minimum atomic E-state index is 0.471. The molecule has 70 valence electrons. The molecule has 2 aromatic rings. The van der Waals surface area contributed by atoms with Crippen LogP contribution in [0.1, 0.15) is 5.56 Å². The number of ether oxygens (including phenoxy) is 1. The fourth-order valence-corrected chi connectivity index (χ4v) is 2.26. The van der Waals surface area contributed by atoms with E-state index in [1.54, 1.807) is 17.4 Å². The fraction of sp³-hybridized carbons (Fsp3) is 0.100. The molecule has 0 saturated heterocycles. The largest absolute Gasteiger partial charge is 0.493 e. The van der Waals surface area contributed by atoms with Gasteiger partial charge in [0.05, 0.1) is 18.4 Å². The molecule has 0 unspecified atom stereocenters. The van der Waals surface area contributed by atoms with Crippen LogP contribution in [-0.4, -0.2) is 7.11 Å². The van der Waals surface area contributed by atoms with Crippen LogP contribution < -0.4 is 10.5 Å². The molecule has 0 aliphatic carbocycles. The zero-order chi connectivity index (χ0) is 10.1. The number of nitriles is 1. The van der Waals surface area contributed by atoms with Gasteiger partial charge in [0, 0.05) is 10.1 Å². The number of fused-ring (bicyclic) bond motifs is 1. The Morgan fingerprint density at radius 2 is 2.36 bits per heavy atom. The predicted molar refractivity (Wildman–Crippen MR) is 57.5 cm³/mol. The van der Waals surface area contributed by atoms with Gasteiger partial charge in [-0.3, -0.25) is 0 Å². The molecule has 14 heavy (non-hydrogen) atoms. The number of hydrogen-bond acceptors (Lipinski definition) is 4. The monoisotopic (exact) mass is 204 g/mol. The van der Waals surface area contributed by atoms with Crippen LogP contribution in [0.25, 0.3) is 10.1 Å². The lowest BCUT2D eigenvalue weighted by molar-refractivity contribution is 0.416. The number of thiophene rings is 1. The number of nitrogens with two attached hydrogens (primary N) is 1. The first kappa shape index (κ1) is 8.85. The van der Waals surface area contributed by atoms with Gasteiger partial charge in [0.2, 0.25) is 0 Å². The molecule has 2 rings (SSSR count). The van der Waals surface area contributed by atoms with Crippen LogP contribution in [0.15, 0.2) is 17.5 Å². The molecule has 0 bridgehead atoms. The van der Waals surface area contributed by atoms with Crippen LogP contribution in [-0.2, 0) is 0 Å². The molecular weight excluding hydrogens is 196 g/mol. The van der Waals surface area contributed by atoms with Crippen LogP contribution in [0.2, 0.25) is 0 Å². The molecule has 2 N–H and O–H groups in total. The van der Waals surface area contributed by atoms with Crippen LogP contribution in [0.3, 0.4) is 0 Å². The summed E-state index contributed by atoms with van der Waals surface area (Å²) in [6, 6.07) is 5.80. The first-order valence-electron chi connectivity index (χ1n) is 4.01. The summed E-state index contributed by atoms with van der Waals surface area (Å²) in [4.78, 5) is 0. The van der Waals surface area contributed by atoms with E-state index in [1.807, 2.05) is 11.4 Å². The standard InChI is InChI=1S/C10H8N2OS/c1-13-10-6(5-11)4-8-7(9(10)12)2-3-14-8/h2-4H,12H2,1H3. The van der Waals surface area contributed by atoms with Gasteiger partial charge in [-0.05, 0) is 17.5 Å². The van der Waals surface area contributed by atoms with Gasteiger partial charge in [0.15, 0.2) is 5.75 Å². The molecule has 1 heterocycles. The maximum atomic E-state index is 8.89. The van der Waals surface area contributed by atoms with Gasteiger partial charge in [-0.25, -0.2) is 0 Å². The Labute approximate surface area is 85.3 Å². The molecule has 0 amide bonds. The van der Waals surface area contributed by atoms with Gasteiger partial charge < -0.3 is 10.5 Å². The van der Waals surface area contributed by atoms with E-state index in [0.29, 0.717) is 17.0 Å². The number of rotatable bonds is 1. The molecule has 0 saturated carbocycles. The SMILES string of the molecule is COc1c(C#N)cc2sccc2c1N. The van der Waals surface area contributed by atoms with Crippen LogP contribution >= 0.6 is 11.3 Å². The van der Waals surface area contributed by atoms with Gasteiger partial charge >= 0.3 is 0 Å². The van der Waals surface area contributed by atoms with Crippen molar-refractivity contribution in [3.63, 3.8) is 0 Å². The summed E-state index contributed by atoms with van der Waals surface area (Å²) in [6.07, 6.45) is 0. The third kappa shape index (κ3) is 1.10. The summed E-state index contributed by atoms with van der Waals surface area (Å²) in [7, 11) is 1.52. The molecule has 0 fully saturated rings. The number of nitrogen functional groups attached to an aromatic ring is 1. The van der Waals surface area contributed by atoms with E-state index < -0.39 is 0 Å².